The van der Waals surface area contributed by atoms with Crippen LogP contribution in [0, 0.1) is 0 Å². The molecule has 1 amide bonds. The third-order valence-corrected chi connectivity index (χ3v) is 4.96. The number of aromatic nitrogens is 1. The van der Waals surface area contributed by atoms with Crippen molar-refractivity contribution in [3.8, 4) is 0 Å². The van der Waals surface area contributed by atoms with Gasteiger partial charge in [0.25, 0.3) is 5.91 Å². The van der Waals surface area contributed by atoms with E-state index in [1.807, 2.05) is 19.2 Å². The molecule has 2 aliphatic rings. The molecule has 3 rings (SSSR count). The molecular weight excluding hydrogens is 264 g/mol. The number of hydrogen-bond acceptors (Lipinski definition) is 4. The molecule has 0 aromatic carbocycles. The van der Waals surface area contributed by atoms with Crippen molar-refractivity contribution in [1.29, 1.82) is 0 Å². The average Bonchev–Trinajstić information content (AvgIpc) is 2.48. The highest BCUT2D eigenvalue weighted by atomic mass is 16.1. The Morgan fingerprint density at radius 2 is 2.00 bits per heavy atom. The number of rotatable bonds is 3. The van der Waals surface area contributed by atoms with Crippen LogP contribution in [0.3, 0.4) is 0 Å². The number of carbonyl (C=O) groups excluding carboxylic acids is 1. The first-order valence-electron chi connectivity index (χ1n) is 7.84. The molecule has 2 saturated heterocycles. The maximum Gasteiger partial charge on any atom is 0.253 e. The molecule has 3 heterocycles. The van der Waals surface area contributed by atoms with Gasteiger partial charge in [-0.05, 0) is 44.9 Å². The van der Waals surface area contributed by atoms with Crippen molar-refractivity contribution < 1.29 is 4.79 Å². The predicted molar refractivity (Wildman–Crippen MR) is 83.5 cm³/mol. The summed E-state index contributed by atoms with van der Waals surface area (Å²) in [6.07, 6.45) is 7.63. The van der Waals surface area contributed by atoms with Crippen LogP contribution in [0.25, 0.3) is 0 Å². The van der Waals surface area contributed by atoms with Crippen LogP contribution < -0.4 is 10.6 Å². The minimum Gasteiger partial charge on any atom is -0.373 e. The Morgan fingerprint density at radius 1 is 1.29 bits per heavy atom. The van der Waals surface area contributed by atoms with Crippen molar-refractivity contribution in [3.63, 3.8) is 0 Å². The zero-order valence-electron chi connectivity index (χ0n) is 12.8. The van der Waals surface area contributed by atoms with Crippen LogP contribution in [0.1, 0.15) is 42.5 Å². The smallest absolute Gasteiger partial charge is 0.253 e. The first kappa shape index (κ1) is 14.3. The topological polar surface area (TPSA) is 57.3 Å². The third kappa shape index (κ3) is 3.02. The number of piperidine rings is 2. The summed E-state index contributed by atoms with van der Waals surface area (Å²) < 4.78 is 0. The van der Waals surface area contributed by atoms with E-state index in [0.29, 0.717) is 23.7 Å². The Balaban J connectivity index is 1.62. The van der Waals surface area contributed by atoms with Gasteiger partial charge in [-0.15, -0.1) is 0 Å². The summed E-state index contributed by atoms with van der Waals surface area (Å²) >= 11 is 0. The van der Waals surface area contributed by atoms with Crippen LogP contribution in [0.15, 0.2) is 18.3 Å². The molecule has 2 aliphatic heterocycles. The molecule has 1 aromatic heterocycles. The molecule has 0 aliphatic carbocycles. The molecule has 0 radical (unpaired) electrons. The Bertz CT molecular complexity index is 488. The monoisotopic (exact) mass is 288 g/mol. The Hall–Kier alpha value is -1.62. The Labute approximate surface area is 126 Å². The van der Waals surface area contributed by atoms with Crippen molar-refractivity contribution in [2.75, 3.05) is 19.4 Å². The van der Waals surface area contributed by atoms with Crippen molar-refractivity contribution in [3.05, 3.63) is 23.9 Å². The lowest BCUT2D eigenvalue weighted by atomic mass is 9.82. The van der Waals surface area contributed by atoms with E-state index in [1.165, 1.54) is 19.3 Å². The molecule has 2 N–H and O–H groups in total. The lowest BCUT2D eigenvalue weighted by molar-refractivity contribution is 0.0463. The van der Waals surface area contributed by atoms with Gasteiger partial charge in [0.1, 0.15) is 5.82 Å². The highest BCUT2D eigenvalue weighted by Gasteiger charge is 2.36. The van der Waals surface area contributed by atoms with Crippen LogP contribution in [-0.4, -0.2) is 48.0 Å². The van der Waals surface area contributed by atoms with Crippen molar-refractivity contribution >= 4 is 11.7 Å². The molecule has 114 valence electrons. The number of pyridine rings is 1. The van der Waals surface area contributed by atoms with Crippen LogP contribution >= 0.6 is 0 Å². The van der Waals surface area contributed by atoms with E-state index in [-0.39, 0.29) is 5.91 Å². The zero-order chi connectivity index (χ0) is 14.8. The summed E-state index contributed by atoms with van der Waals surface area (Å²) in [5.74, 6) is 0.776. The molecule has 2 bridgehead atoms. The van der Waals surface area contributed by atoms with E-state index in [9.17, 15) is 4.79 Å². The van der Waals surface area contributed by atoms with E-state index in [1.54, 1.807) is 6.20 Å². The summed E-state index contributed by atoms with van der Waals surface area (Å²) in [6.45, 7) is 0. The van der Waals surface area contributed by atoms with Gasteiger partial charge in [-0.1, -0.05) is 6.42 Å². The first-order valence-corrected chi connectivity index (χ1v) is 7.84. The number of anilines is 1. The molecule has 5 nitrogen and oxygen atoms in total. The molecule has 2 fully saturated rings. The maximum absolute atomic E-state index is 12.3. The second kappa shape index (κ2) is 6.02. The fourth-order valence-corrected chi connectivity index (χ4v) is 3.68. The Kier molecular flexibility index (Phi) is 4.10. The summed E-state index contributed by atoms with van der Waals surface area (Å²) in [6, 6.07) is 5.22. The summed E-state index contributed by atoms with van der Waals surface area (Å²) in [4.78, 5) is 19.0. The van der Waals surface area contributed by atoms with E-state index in [0.717, 1.165) is 18.7 Å². The van der Waals surface area contributed by atoms with Gasteiger partial charge in [-0.25, -0.2) is 4.98 Å². The molecule has 2 atom stereocenters. The Morgan fingerprint density at radius 3 is 2.57 bits per heavy atom. The first-order chi connectivity index (χ1) is 10.2. The number of nitrogens with one attached hydrogen (secondary N) is 2. The van der Waals surface area contributed by atoms with E-state index < -0.39 is 0 Å². The van der Waals surface area contributed by atoms with Crippen LogP contribution in [-0.2, 0) is 0 Å². The zero-order valence-corrected chi connectivity index (χ0v) is 12.8. The summed E-state index contributed by atoms with van der Waals surface area (Å²) in [5, 5.41) is 6.15. The molecular formula is C16H24N4O. The standard InChI is InChI=1S/C16H24N4O/c1-17-15-7-6-11(10-18-15)16(21)19-12-8-13-4-3-5-14(9-12)20(13)2/h6-7,10,12-14H,3-5,8-9H2,1-2H3,(H,17,18)(H,19,21). The second-order valence-electron chi connectivity index (χ2n) is 6.23. The number of nitrogens with zero attached hydrogens (tertiary/aromatic N) is 2. The SMILES string of the molecule is CNc1ccc(C(=O)NC2CC3CCCC(C2)N3C)cn1. The minimum atomic E-state index is -0.00206. The highest BCUT2D eigenvalue weighted by molar-refractivity contribution is 5.94. The minimum absolute atomic E-state index is 0.00206. The van der Waals surface area contributed by atoms with E-state index in [2.05, 4.69) is 27.6 Å². The van der Waals surface area contributed by atoms with Crippen molar-refractivity contribution in [1.82, 2.24) is 15.2 Å². The lowest BCUT2D eigenvalue weighted by Crippen LogP contribution is -2.55. The second-order valence-corrected chi connectivity index (χ2v) is 6.23. The van der Waals surface area contributed by atoms with Gasteiger partial charge in [-0.2, -0.15) is 0 Å². The lowest BCUT2D eigenvalue weighted by Gasteiger charge is -2.47. The predicted octanol–water partition coefficient (Wildman–Crippen LogP) is 1.87. The molecule has 21 heavy (non-hydrogen) atoms. The number of amides is 1. The summed E-state index contributed by atoms with van der Waals surface area (Å²) in [7, 11) is 4.05. The highest BCUT2D eigenvalue weighted by Crippen LogP contribution is 2.32. The van der Waals surface area contributed by atoms with Crippen molar-refractivity contribution in [2.24, 2.45) is 0 Å². The van der Waals surface area contributed by atoms with Gasteiger partial charge in [0.2, 0.25) is 0 Å². The third-order valence-electron chi connectivity index (χ3n) is 4.96. The number of hydrogen-bond donors (Lipinski definition) is 2. The molecule has 5 heteroatoms. The molecule has 1 aromatic rings. The fraction of sp³-hybridized carbons (Fsp3) is 0.625. The fourth-order valence-electron chi connectivity index (χ4n) is 3.68. The number of carbonyl (C=O) groups is 1. The number of fused-ring (bicyclic) bond motifs is 2. The quantitative estimate of drug-likeness (QED) is 0.891. The normalized spacial score (nSPS) is 29.0. The van der Waals surface area contributed by atoms with Crippen molar-refractivity contribution in [2.45, 2.75) is 50.2 Å². The van der Waals surface area contributed by atoms with Crippen LogP contribution in [0.5, 0.6) is 0 Å². The maximum atomic E-state index is 12.3. The van der Waals surface area contributed by atoms with Gasteiger partial charge in [0, 0.05) is 31.4 Å². The van der Waals surface area contributed by atoms with Crippen LogP contribution in [0.4, 0.5) is 5.82 Å². The van der Waals surface area contributed by atoms with Gasteiger partial charge in [0.05, 0.1) is 5.56 Å². The van der Waals surface area contributed by atoms with Crippen LogP contribution in [0.2, 0.25) is 0 Å². The summed E-state index contributed by atoms with van der Waals surface area (Å²) in [5.41, 5.74) is 0.637. The van der Waals surface area contributed by atoms with Gasteiger partial charge in [0.15, 0.2) is 0 Å². The van der Waals surface area contributed by atoms with Gasteiger partial charge < -0.3 is 15.5 Å². The largest absolute Gasteiger partial charge is 0.373 e. The molecule has 0 saturated carbocycles. The molecule has 0 spiro atoms. The van der Waals surface area contributed by atoms with Gasteiger partial charge in [-0.3, -0.25) is 4.79 Å². The van der Waals surface area contributed by atoms with Gasteiger partial charge >= 0.3 is 0 Å². The van der Waals surface area contributed by atoms with E-state index in [4.69, 9.17) is 0 Å². The molecule has 2 unspecified atom stereocenters. The average molecular weight is 288 g/mol. The van der Waals surface area contributed by atoms with E-state index >= 15 is 0 Å².